The van der Waals surface area contributed by atoms with Gasteiger partial charge in [0, 0.05) is 17.4 Å². The topological polar surface area (TPSA) is 59.6 Å². The fourth-order valence-electron chi connectivity index (χ4n) is 2.51. The molecule has 21 heavy (non-hydrogen) atoms. The van der Waals surface area contributed by atoms with Gasteiger partial charge in [-0.1, -0.05) is 6.07 Å². The van der Waals surface area contributed by atoms with Crippen molar-refractivity contribution in [3.05, 3.63) is 47.5 Å². The normalized spacial score (nSPS) is 16.7. The molecule has 2 aromatic carbocycles. The fourth-order valence-corrected chi connectivity index (χ4v) is 2.51. The standard InChI is InChI=1S/C17H19N3O/c1-10-6-11(2)8-14(7-10)19-17-12(3)21-16-9-13(18)4-5-15(16)20-17/h4-9,12H,18H2,1-3H3,(H,19,20). The van der Waals surface area contributed by atoms with Crippen LogP contribution in [0, 0.1) is 13.8 Å². The summed E-state index contributed by atoms with van der Waals surface area (Å²) in [5, 5.41) is 3.36. The predicted molar refractivity (Wildman–Crippen MR) is 87.6 cm³/mol. The monoisotopic (exact) mass is 281 g/mol. The summed E-state index contributed by atoms with van der Waals surface area (Å²) in [4.78, 5) is 4.65. The molecule has 1 heterocycles. The van der Waals surface area contributed by atoms with Crippen LogP contribution >= 0.6 is 0 Å². The third-order valence-corrected chi connectivity index (χ3v) is 3.41. The highest BCUT2D eigenvalue weighted by atomic mass is 16.5. The third kappa shape index (κ3) is 2.84. The number of ether oxygens (including phenoxy) is 1. The number of hydrogen-bond acceptors (Lipinski definition) is 4. The summed E-state index contributed by atoms with van der Waals surface area (Å²) in [6.07, 6.45) is -0.139. The third-order valence-electron chi connectivity index (χ3n) is 3.41. The molecule has 3 rings (SSSR count). The smallest absolute Gasteiger partial charge is 0.153 e. The van der Waals surface area contributed by atoms with Crippen molar-refractivity contribution in [2.45, 2.75) is 26.9 Å². The fraction of sp³-hybridized carbons (Fsp3) is 0.235. The van der Waals surface area contributed by atoms with Crippen molar-refractivity contribution < 1.29 is 4.74 Å². The number of benzene rings is 2. The van der Waals surface area contributed by atoms with Gasteiger partial charge in [0.15, 0.2) is 6.10 Å². The average Bonchev–Trinajstić information content (AvgIpc) is 2.38. The molecule has 3 N–H and O–H groups in total. The van der Waals surface area contributed by atoms with Crippen LogP contribution in [-0.4, -0.2) is 11.9 Å². The van der Waals surface area contributed by atoms with Gasteiger partial charge in [-0.3, -0.25) is 0 Å². The summed E-state index contributed by atoms with van der Waals surface area (Å²) >= 11 is 0. The van der Waals surface area contributed by atoms with Gasteiger partial charge < -0.3 is 15.8 Å². The second-order valence-corrected chi connectivity index (χ2v) is 5.49. The molecule has 108 valence electrons. The minimum Gasteiger partial charge on any atom is -0.480 e. The highest BCUT2D eigenvalue weighted by molar-refractivity contribution is 6.01. The number of aliphatic imine (C=N–C) groups is 1. The second kappa shape index (κ2) is 5.13. The van der Waals surface area contributed by atoms with Crippen LogP contribution in [0.5, 0.6) is 5.75 Å². The van der Waals surface area contributed by atoms with Crippen LogP contribution in [0.25, 0.3) is 0 Å². The van der Waals surface area contributed by atoms with Gasteiger partial charge in [-0.2, -0.15) is 0 Å². The maximum Gasteiger partial charge on any atom is 0.153 e. The van der Waals surface area contributed by atoms with E-state index in [0.29, 0.717) is 5.69 Å². The first-order chi connectivity index (χ1) is 10.0. The summed E-state index contributed by atoms with van der Waals surface area (Å²) in [5.41, 5.74) is 10.7. The first-order valence-electron chi connectivity index (χ1n) is 7.01. The summed E-state index contributed by atoms with van der Waals surface area (Å²) in [5.74, 6) is 1.53. The predicted octanol–water partition coefficient (Wildman–Crippen LogP) is 3.81. The van der Waals surface area contributed by atoms with Crippen LogP contribution in [0.1, 0.15) is 18.1 Å². The van der Waals surface area contributed by atoms with Gasteiger partial charge in [-0.25, -0.2) is 4.99 Å². The SMILES string of the molecule is Cc1cc(C)cc(NC2=Nc3ccc(N)cc3OC2C)c1. The van der Waals surface area contributed by atoms with Gasteiger partial charge in [0.25, 0.3) is 0 Å². The molecule has 0 aliphatic carbocycles. The Labute approximate surface area is 124 Å². The molecule has 1 aliphatic rings. The molecule has 4 nitrogen and oxygen atoms in total. The number of hydrogen-bond donors (Lipinski definition) is 2. The number of nitrogen functional groups attached to an aromatic ring is 1. The van der Waals surface area contributed by atoms with Gasteiger partial charge >= 0.3 is 0 Å². The Kier molecular flexibility index (Phi) is 3.29. The molecule has 1 aliphatic heterocycles. The van der Waals surface area contributed by atoms with Crippen LogP contribution in [0.15, 0.2) is 41.4 Å². The van der Waals surface area contributed by atoms with Crippen molar-refractivity contribution in [3.8, 4) is 5.75 Å². The van der Waals surface area contributed by atoms with E-state index in [0.717, 1.165) is 23.0 Å². The van der Waals surface area contributed by atoms with Crippen molar-refractivity contribution in [3.63, 3.8) is 0 Å². The van der Waals surface area contributed by atoms with Crippen LogP contribution in [-0.2, 0) is 0 Å². The second-order valence-electron chi connectivity index (χ2n) is 5.49. The molecule has 0 spiro atoms. The molecule has 2 aromatic rings. The van der Waals surface area contributed by atoms with Gasteiger partial charge in [-0.05, 0) is 56.2 Å². The zero-order valence-electron chi connectivity index (χ0n) is 12.5. The van der Waals surface area contributed by atoms with Crippen molar-refractivity contribution in [2.75, 3.05) is 11.1 Å². The molecule has 0 radical (unpaired) electrons. The molecular weight excluding hydrogens is 262 g/mol. The quantitative estimate of drug-likeness (QED) is 0.781. The van der Waals surface area contributed by atoms with Gasteiger partial charge in [-0.15, -0.1) is 0 Å². The number of nitrogens with two attached hydrogens (primary N) is 1. The Morgan fingerprint density at radius 3 is 2.52 bits per heavy atom. The lowest BCUT2D eigenvalue weighted by atomic mass is 10.1. The van der Waals surface area contributed by atoms with Crippen LogP contribution in [0.3, 0.4) is 0 Å². The van der Waals surface area contributed by atoms with E-state index in [2.05, 4.69) is 42.4 Å². The number of aryl methyl sites for hydroxylation is 2. The largest absolute Gasteiger partial charge is 0.480 e. The molecule has 4 heteroatoms. The van der Waals surface area contributed by atoms with E-state index in [1.165, 1.54) is 11.1 Å². The summed E-state index contributed by atoms with van der Waals surface area (Å²) in [6, 6.07) is 11.9. The summed E-state index contributed by atoms with van der Waals surface area (Å²) in [7, 11) is 0. The lowest BCUT2D eigenvalue weighted by Gasteiger charge is -2.24. The van der Waals surface area contributed by atoms with E-state index < -0.39 is 0 Å². The average molecular weight is 281 g/mol. The first kappa shape index (κ1) is 13.5. The van der Waals surface area contributed by atoms with E-state index in [1.54, 1.807) is 0 Å². The van der Waals surface area contributed by atoms with E-state index in [-0.39, 0.29) is 6.10 Å². The van der Waals surface area contributed by atoms with Gasteiger partial charge in [0.2, 0.25) is 0 Å². The number of rotatable bonds is 1. The number of nitrogens with zero attached hydrogens (tertiary/aromatic N) is 1. The molecular formula is C17H19N3O. The summed E-state index contributed by atoms with van der Waals surface area (Å²) in [6.45, 7) is 6.14. The molecule has 0 amide bonds. The Morgan fingerprint density at radius 2 is 1.81 bits per heavy atom. The van der Waals surface area contributed by atoms with Crippen molar-refractivity contribution in [1.82, 2.24) is 0 Å². The highest BCUT2D eigenvalue weighted by Crippen LogP contribution is 2.34. The zero-order valence-corrected chi connectivity index (χ0v) is 12.5. The van der Waals surface area contributed by atoms with Crippen molar-refractivity contribution in [1.29, 1.82) is 0 Å². The van der Waals surface area contributed by atoms with Crippen LogP contribution in [0.2, 0.25) is 0 Å². The number of anilines is 2. The maximum atomic E-state index is 5.88. The maximum absolute atomic E-state index is 5.88. The zero-order chi connectivity index (χ0) is 15.0. The minimum atomic E-state index is -0.139. The Bertz CT molecular complexity index is 702. The molecule has 1 atom stereocenters. The van der Waals surface area contributed by atoms with E-state index in [9.17, 15) is 0 Å². The highest BCUT2D eigenvalue weighted by Gasteiger charge is 2.21. The first-order valence-corrected chi connectivity index (χ1v) is 7.01. The molecule has 0 saturated heterocycles. The van der Waals surface area contributed by atoms with Crippen molar-refractivity contribution >= 4 is 22.9 Å². The number of amidine groups is 1. The van der Waals surface area contributed by atoms with Crippen LogP contribution in [0.4, 0.5) is 17.1 Å². The molecule has 0 bridgehead atoms. The Balaban J connectivity index is 1.93. The lowest BCUT2D eigenvalue weighted by Crippen LogP contribution is -2.32. The van der Waals surface area contributed by atoms with Gasteiger partial charge in [0.1, 0.15) is 17.3 Å². The molecule has 0 aromatic heterocycles. The van der Waals surface area contributed by atoms with E-state index in [4.69, 9.17) is 10.5 Å². The number of fused-ring (bicyclic) bond motifs is 1. The molecule has 1 unspecified atom stereocenters. The van der Waals surface area contributed by atoms with E-state index in [1.807, 2.05) is 25.1 Å². The van der Waals surface area contributed by atoms with Crippen LogP contribution < -0.4 is 15.8 Å². The Hall–Kier alpha value is -2.49. The van der Waals surface area contributed by atoms with Crippen molar-refractivity contribution in [2.24, 2.45) is 4.99 Å². The van der Waals surface area contributed by atoms with E-state index >= 15 is 0 Å². The lowest BCUT2D eigenvalue weighted by molar-refractivity contribution is 0.283. The van der Waals surface area contributed by atoms with Gasteiger partial charge in [0.05, 0.1) is 0 Å². The minimum absolute atomic E-state index is 0.139. The number of nitrogens with one attached hydrogen (secondary N) is 1. The Morgan fingerprint density at radius 1 is 1.10 bits per heavy atom. The molecule has 0 saturated carbocycles. The molecule has 0 fully saturated rings. The summed E-state index contributed by atoms with van der Waals surface area (Å²) < 4.78 is 5.88.